The number of hydrogen-bond donors (Lipinski definition) is 1. The van der Waals surface area contributed by atoms with Crippen molar-refractivity contribution in [1.29, 1.82) is 5.26 Å². The predicted molar refractivity (Wildman–Crippen MR) is 96.1 cm³/mol. The third-order valence-electron chi connectivity index (χ3n) is 3.13. The summed E-state index contributed by atoms with van der Waals surface area (Å²) in [6.07, 6.45) is 5.71. The predicted octanol–water partition coefficient (Wildman–Crippen LogP) is 4.12. The van der Waals surface area contributed by atoms with Gasteiger partial charge in [-0.1, -0.05) is 48.2 Å². The maximum Gasteiger partial charge on any atom is 0.183 e. The Hall–Kier alpha value is -2.45. The Morgan fingerprint density at radius 2 is 2.04 bits per heavy atom. The molecule has 2 rings (SSSR count). The van der Waals surface area contributed by atoms with E-state index in [1.807, 2.05) is 42.8 Å². The highest BCUT2D eigenvalue weighted by molar-refractivity contribution is 8.13. The molecule has 5 heteroatoms. The molecule has 0 aliphatic rings. The van der Waals surface area contributed by atoms with Gasteiger partial charge in [0.2, 0.25) is 0 Å². The lowest BCUT2D eigenvalue weighted by Crippen LogP contribution is -2.12. The minimum absolute atomic E-state index is 0.564. The summed E-state index contributed by atoms with van der Waals surface area (Å²) in [5.41, 5.74) is 2.08. The van der Waals surface area contributed by atoms with E-state index in [2.05, 4.69) is 34.6 Å². The molecule has 118 valence electrons. The lowest BCUT2D eigenvalue weighted by molar-refractivity contribution is 0.311. The standard InChI is InChI=1S/C18H19N3OS/c1-23-18(20-14-19)21-16-10-5-11-17(13-16)22-12-6-9-15-7-3-2-4-8-15/h2-5,7-8,10-11,13H,6,9,12H2,1H3,(H,20,21). The summed E-state index contributed by atoms with van der Waals surface area (Å²) in [6, 6.07) is 17.9. The number of nitrogens with one attached hydrogen (secondary N) is 1. The minimum atomic E-state index is 0.564. The topological polar surface area (TPSA) is 57.4 Å². The first kappa shape index (κ1) is 16.9. The number of ether oxygens (including phenoxy) is 1. The summed E-state index contributed by atoms with van der Waals surface area (Å²) >= 11 is 1.39. The van der Waals surface area contributed by atoms with E-state index in [1.54, 1.807) is 0 Å². The van der Waals surface area contributed by atoms with E-state index in [0.29, 0.717) is 11.8 Å². The van der Waals surface area contributed by atoms with E-state index in [9.17, 15) is 0 Å². The lowest BCUT2D eigenvalue weighted by Gasteiger charge is -2.07. The number of nitriles is 1. The zero-order chi connectivity index (χ0) is 16.3. The Bertz CT molecular complexity index is 680. The second-order valence-electron chi connectivity index (χ2n) is 4.79. The van der Waals surface area contributed by atoms with Crippen molar-refractivity contribution >= 4 is 22.6 Å². The van der Waals surface area contributed by atoms with E-state index in [4.69, 9.17) is 10.00 Å². The molecule has 2 aromatic rings. The molecule has 23 heavy (non-hydrogen) atoms. The van der Waals surface area contributed by atoms with Crippen molar-refractivity contribution < 1.29 is 4.74 Å². The van der Waals surface area contributed by atoms with Gasteiger partial charge in [-0.25, -0.2) is 4.99 Å². The molecule has 0 bridgehead atoms. The summed E-state index contributed by atoms with van der Waals surface area (Å²) < 4.78 is 5.78. The minimum Gasteiger partial charge on any atom is -0.494 e. The Labute approximate surface area is 141 Å². The lowest BCUT2D eigenvalue weighted by atomic mass is 10.1. The van der Waals surface area contributed by atoms with Gasteiger partial charge in [0.25, 0.3) is 0 Å². The molecule has 0 saturated carbocycles. The molecule has 1 N–H and O–H groups in total. The fraction of sp³-hybridized carbons (Fsp3) is 0.222. The van der Waals surface area contributed by atoms with Gasteiger partial charge in [0.05, 0.1) is 12.3 Å². The number of rotatable bonds is 6. The maximum absolute atomic E-state index is 8.66. The van der Waals surface area contributed by atoms with Crippen molar-refractivity contribution in [2.45, 2.75) is 12.8 Å². The van der Waals surface area contributed by atoms with E-state index >= 15 is 0 Å². The Balaban J connectivity index is 1.86. The molecule has 0 saturated heterocycles. The van der Waals surface area contributed by atoms with Crippen molar-refractivity contribution in [2.24, 2.45) is 4.99 Å². The monoisotopic (exact) mass is 325 g/mol. The van der Waals surface area contributed by atoms with Crippen LogP contribution in [0.25, 0.3) is 0 Å². The van der Waals surface area contributed by atoms with Crippen LogP contribution in [-0.4, -0.2) is 18.0 Å². The van der Waals surface area contributed by atoms with Crippen LogP contribution in [0, 0.1) is 11.5 Å². The highest BCUT2D eigenvalue weighted by Crippen LogP contribution is 2.21. The number of aliphatic imine (C=N–C) groups is 1. The molecule has 0 heterocycles. The molecule has 0 spiro atoms. The smallest absolute Gasteiger partial charge is 0.183 e. The first-order valence-corrected chi connectivity index (χ1v) is 8.59. The highest BCUT2D eigenvalue weighted by atomic mass is 32.2. The number of benzene rings is 2. The molecule has 2 aromatic carbocycles. The fourth-order valence-electron chi connectivity index (χ4n) is 2.04. The maximum atomic E-state index is 8.66. The Morgan fingerprint density at radius 1 is 1.22 bits per heavy atom. The molecular formula is C18H19N3OS. The number of nitrogens with zero attached hydrogens (tertiary/aromatic N) is 2. The van der Waals surface area contributed by atoms with Crippen LogP contribution in [0.4, 0.5) is 5.69 Å². The van der Waals surface area contributed by atoms with Crippen molar-refractivity contribution in [3.8, 4) is 11.9 Å². The van der Waals surface area contributed by atoms with Crippen LogP contribution in [0.3, 0.4) is 0 Å². The van der Waals surface area contributed by atoms with Crippen LogP contribution >= 0.6 is 11.8 Å². The summed E-state index contributed by atoms with van der Waals surface area (Å²) in [5, 5.41) is 11.8. The highest BCUT2D eigenvalue weighted by Gasteiger charge is 2.00. The first-order valence-electron chi connectivity index (χ1n) is 7.36. The van der Waals surface area contributed by atoms with E-state index in [1.165, 1.54) is 17.3 Å². The number of hydrogen-bond acceptors (Lipinski definition) is 4. The molecule has 4 nitrogen and oxygen atoms in total. The average molecular weight is 325 g/mol. The van der Waals surface area contributed by atoms with Gasteiger partial charge >= 0.3 is 0 Å². The van der Waals surface area contributed by atoms with Crippen molar-refractivity contribution in [1.82, 2.24) is 5.32 Å². The van der Waals surface area contributed by atoms with E-state index < -0.39 is 0 Å². The molecule has 0 radical (unpaired) electrons. The fourth-order valence-corrected chi connectivity index (χ4v) is 2.39. The Kier molecular flexibility index (Phi) is 7.02. The SMILES string of the molecule is CSC(=Nc1cccc(OCCCc2ccccc2)c1)NC#N. The molecule has 0 amide bonds. The molecular weight excluding hydrogens is 306 g/mol. The Morgan fingerprint density at radius 3 is 2.78 bits per heavy atom. The van der Waals surface area contributed by atoms with Crippen LogP contribution in [0.5, 0.6) is 5.75 Å². The van der Waals surface area contributed by atoms with Gasteiger partial charge in [0.15, 0.2) is 11.4 Å². The van der Waals surface area contributed by atoms with Crippen molar-refractivity contribution in [3.05, 3.63) is 60.2 Å². The zero-order valence-electron chi connectivity index (χ0n) is 13.0. The zero-order valence-corrected chi connectivity index (χ0v) is 13.8. The molecule has 0 atom stereocenters. The summed E-state index contributed by atoms with van der Waals surface area (Å²) in [6.45, 7) is 0.661. The molecule has 0 aromatic heterocycles. The van der Waals surface area contributed by atoms with Gasteiger partial charge in [-0.15, -0.1) is 0 Å². The van der Waals surface area contributed by atoms with Crippen molar-refractivity contribution in [3.63, 3.8) is 0 Å². The summed E-state index contributed by atoms with van der Waals surface area (Å²) in [4.78, 5) is 4.37. The van der Waals surface area contributed by atoms with Gasteiger partial charge in [0, 0.05) is 6.07 Å². The molecule has 0 aliphatic heterocycles. The van der Waals surface area contributed by atoms with E-state index in [-0.39, 0.29) is 0 Å². The first-order chi connectivity index (χ1) is 11.3. The van der Waals surface area contributed by atoms with Gasteiger partial charge in [-0.05, 0) is 36.8 Å². The normalized spacial score (nSPS) is 10.9. The van der Waals surface area contributed by atoms with Gasteiger partial charge in [-0.3, -0.25) is 5.32 Å². The second-order valence-corrected chi connectivity index (χ2v) is 5.59. The van der Waals surface area contributed by atoms with Crippen LogP contribution < -0.4 is 10.1 Å². The number of amidine groups is 1. The van der Waals surface area contributed by atoms with E-state index in [0.717, 1.165) is 24.3 Å². The third kappa shape index (κ3) is 6.05. The van der Waals surface area contributed by atoms with Crippen LogP contribution in [0.2, 0.25) is 0 Å². The number of aryl methyl sites for hydroxylation is 1. The largest absolute Gasteiger partial charge is 0.494 e. The van der Waals surface area contributed by atoms with Crippen LogP contribution in [-0.2, 0) is 6.42 Å². The van der Waals surface area contributed by atoms with Gasteiger partial charge < -0.3 is 4.74 Å². The van der Waals surface area contributed by atoms with Gasteiger partial charge in [-0.2, -0.15) is 5.26 Å². The molecule has 0 unspecified atom stereocenters. The molecule has 0 aliphatic carbocycles. The third-order valence-corrected chi connectivity index (χ3v) is 3.71. The average Bonchev–Trinajstić information content (AvgIpc) is 2.60. The van der Waals surface area contributed by atoms with Crippen LogP contribution in [0.15, 0.2) is 59.6 Å². The van der Waals surface area contributed by atoms with Crippen molar-refractivity contribution in [2.75, 3.05) is 12.9 Å². The summed E-state index contributed by atoms with van der Waals surface area (Å²) in [7, 11) is 0. The number of thioether (sulfide) groups is 1. The molecule has 0 fully saturated rings. The van der Waals surface area contributed by atoms with Gasteiger partial charge in [0.1, 0.15) is 5.75 Å². The quantitative estimate of drug-likeness (QED) is 0.285. The van der Waals surface area contributed by atoms with Crippen LogP contribution in [0.1, 0.15) is 12.0 Å². The second kappa shape index (κ2) is 9.54. The summed E-state index contributed by atoms with van der Waals surface area (Å²) in [5.74, 6) is 0.789.